The summed E-state index contributed by atoms with van der Waals surface area (Å²) in [7, 11) is 0. The average molecular weight is 214 g/mol. The van der Waals surface area contributed by atoms with Crippen LogP contribution in [0.4, 0.5) is 0 Å². The van der Waals surface area contributed by atoms with Gasteiger partial charge in [0, 0.05) is 13.1 Å². The van der Waals surface area contributed by atoms with Crippen LogP contribution in [0, 0.1) is 11.3 Å². The third-order valence-electron chi connectivity index (χ3n) is 3.07. The van der Waals surface area contributed by atoms with Gasteiger partial charge in [-0.15, -0.1) is 0 Å². The zero-order valence-corrected chi connectivity index (χ0v) is 9.62. The van der Waals surface area contributed by atoms with Crippen molar-refractivity contribution in [2.45, 2.75) is 20.3 Å². The highest BCUT2D eigenvalue weighted by atomic mass is 16.2. The SMILES string of the molecule is CC(C)(CN1CCC(CN)C1)C(=O)NN. The van der Waals surface area contributed by atoms with Gasteiger partial charge in [-0.05, 0) is 39.3 Å². The minimum atomic E-state index is -0.432. The molecule has 0 bridgehead atoms. The summed E-state index contributed by atoms with van der Waals surface area (Å²) < 4.78 is 0. The van der Waals surface area contributed by atoms with E-state index in [4.69, 9.17) is 11.6 Å². The lowest BCUT2D eigenvalue weighted by molar-refractivity contribution is -0.130. The van der Waals surface area contributed by atoms with Crippen molar-refractivity contribution in [2.24, 2.45) is 22.9 Å². The lowest BCUT2D eigenvalue weighted by Gasteiger charge is -2.28. The Balaban J connectivity index is 2.45. The molecule has 1 fully saturated rings. The molecule has 0 spiro atoms. The number of nitrogens with zero attached hydrogens (tertiary/aromatic N) is 1. The third-order valence-corrected chi connectivity index (χ3v) is 3.07. The van der Waals surface area contributed by atoms with Crippen LogP contribution in [0.15, 0.2) is 0 Å². The predicted molar refractivity (Wildman–Crippen MR) is 59.7 cm³/mol. The number of hydrazine groups is 1. The molecule has 1 heterocycles. The van der Waals surface area contributed by atoms with Crippen molar-refractivity contribution < 1.29 is 4.79 Å². The van der Waals surface area contributed by atoms with E-state index in [1.165, 1.54) is 0 Å². The van der Waals surface area contributed by atoms with Gasteiger partial charge < -0.3 is 10.6 Å². The lowest BCUT2D eigenvalue weighted by Crippen LogP contribution is -2.47. The van der Waals surface area contributed by atoms with E-state index in [1.54, 1.807) is 0 Å². The first-order chi connectivity index (χ1) is 6.99. The van der Waals surface area contributed by atoms with E-state index in [-0.39, 0.29) is 5.91 Å². The van der Waals surface area contributed by atoms with Gasteiger partial charge in [-0.3, -0.25) is 10.2 Å². The van der Waals surface area contributed by atoms with Crippen molar-refractivity contribution in [2.75, 3.05) is 26.2 Å². The van der Waals surface area contributed by atoms with Crippen molar-refractivity contribution in [3.63, 3.8) is 0 Å². The molecule has 0 aromatic rings. The fourth-order valence-corrected chi connectivity index (χ4v) is 2.08. The summed E-state index contributed by atoms with van der Waals surface area (Å²) in [6, 6.07) is 0. The Morgan fingerprint density at radius 3 is 2.73 bits per heavy atom. The van der Waals surface area contributed by atoms with Crippen LogP contribution < -0.4 is 17.0 Å². The third kappa shape index (κ3) is 3.15. The molecule has 0 aromatic heterocycles. The van der Waals surface area contributed by atoms with Gasteiger partial charge in [0.1, 0.15) is 0 Å². The van der Waals surface area contributed by atoms with Crippen molar-refractivity contribution in [1.82, 2.24) is 10.3 Å². The molecule has 1 unspecified atom stereocenters. The topological polar surface area (TPSA) is 84.4 Å². The fraction of sp³-hybridized carbons (Fsp3) is 0.900. The van der Waals surface area contributed by atoms with Crippen LogP contribution in [0.2, 0.25) is 0 Å². The summed E-state index contributed by atoms with van der Waals surface area (Å²) in [5.41, 5.74) is 7.40. The largest absolute Gasteiger partial charge is 0.330 e. The van der Waals surface area contributed by atoms with E-state index < -0.39 is 5.41 Å². The minimum Gasteiger partial charge on any atom is -0.330 e. The molecule has 0 aliphatic carbocycles. The second-order valence-corrected chi connectivity index (χ2v) is 4.98. The molecule has 1 atom stereocenters. The number of hydrogen-bond acceptors (Lipinski definition) is 4. The molecule has 15 heavy (non-hydrogen) atoms. The fourth-order valence-electron chi connectivity index (χ4n) is 2.08. The second-order valence-electron chi connectivity index (χ2n) is 4.98. The highest BCUT2D eigenvalue weighted by molar-refractivity contribution is 5.81. The maximum atomic E-state index is 11.5. The molecule has 1 aliphatic rings. The standard InChI is InChI=1S/C10H22N4O/c1-10(2,9(15)13-12)7-14-4-3-8(5-11)6-14/h8H,3-7,11-12H2,1-2H3,(H,13,15). The molecular formula is C10H22N4O. The summed E-state index contributed by atoms with van der Waals surface area (Å²) in [6.07, 6.45) is 1.14. The summed E-state index contributed by atoms with van der Waals surface area (Å²) in [5.74, 6) is 5.62. The van der Waals surface area contributed by atoms with Gasteiger partial charge in [0.25, 0.3) is 0 Å². The first-order valence-corrected chi connectivity index (χ1v) is 5.43. The van der Waals surface area contributed by atoms with Gasteiger partial charge in [0.15, 0.2) is 0 Å². The first kappa shape index (κ1) is 12.4. The number of likely N-dealkylation sites (tertiary alicyclic amines) is 1. The second kappa shape index (κ2) is 4.92. The summed E-state index contributed by atoms with van der Waals surface area (Å²) in [6.45, 7) is 7.32. The monoisotopic (exact) mass is 214 g/mol. The highest BCUT2D eigenvalue weighted by Crippen LogP contribution is 2.22. The van der Waals surface area contributed by atoms with Crippen molar-refractivity contribution in [3.8, 4) is 0 Å². The maximum Gasteiger partial charge on any atom is 0.240 e. The number of nitrogens with two attached hydrogens (primary N) is 2. The zero-order chi connectivity index (χ0) is 11.5. The normalized spacial score (nSPS) is 23.1. The molecule has 0 aromatic carbocycles. The number of carbonyl (C=O) groups excluding carboxylic acids is 1. The molecule has 5 N–H and O–H groups in total. The molecular weight excluding hydrogens is 192 g/mol. The summed E-state index contributed by atoms with van der Waals surface area (Å²) >= 11 is 0. The zero-order valence-electron chi connectivity index (χ0n) is 9.62. The van der Waals surface area contributed by atoms with E-state index in [9.17, 15) is 4.79 Å². The Labute approximate surface area is 91.1 Å². The van der Waals surface area contributed by atoms with Crippen molar-refractivity contribution in [3.05, 3.63) is 0 Å². The smallest absolute Gasteiger partial charge is 0.240 e. The Morgan fingerprint density at radius 1 is 1.60 bits per heavy atom. The van der Waals surface area contributed by atoms with E-state index in [0.717, 1.165) is 32.6 Å². The molecule has 1 saturated heterocycles. The van der Waals surface area contributed by atoms with Crippen LogP contribution in [-0.2, 0) is 4.79 Å². The molecule has 1 amide bonds. The Hall–Kier alpha value is -0.650. The van der Waals surface area contributed by atoms with Crippen LogP contribution in [0.5, 0.6) is 0 Å². The van der Waals surface area contributed by atoms with Gasteiger partial charge in [-0.25, -0.2) is 5.84 Å². The van der Waals surface area contributed by atoms with E-state index in [2.05, 4.69) is 10.3 Å². The predicted octanol–water partition coefficient (Wildman–Crippen LogP) is -0.717. The number of carbonyl (C=O) groups is 1. The van der Waals surface area contributed by atoms with Gasteiger partial charge in [0.05, 0.1) is 5.41 Å². The highest BCUT2D eigenvalue weighted by Gasteiger charge is 2.32. The van der Waals surface area contributed by atoms with Gasteiger partial charge in [0.2, 0.25) is 5.91 Å². The van der Waals surface area contributed by atoms with Crippen LogP contribution in [0.25, 0.3) is 0 Å². The van der Waals surface area contributed by atoms with Gasteiger partial charge >= 0.3 is 0 Å². The van der Waals surface area contributed by atoms with Crippen molar-refractivity contribution in [1.29, 1.82) is 0 Å². The van der Waals surface area contributed by atoms with Crippen LogP contribution in [0.1, 0.15) is 20.3 Å². The Kier molecular flexibility index (Phi) is 4.07. The lowest BCUT2D eigenvalue weighted by atomic mass is 9.92. The summed E-state index contributed by atoms with van der Waals surface area (Å²) in [4.78, 5) is 13.8. The van der Waals surface area contributed by atoms with Gasteiger partial charge in [-0.1, -0.05) is 0 Å². The van der Waals surface area contributed by atoms with E-state index >= 15 is 0 Å². The van der Waals surface area contributed by atoms with Crippen molar-refractivity contribution >= 4 is 5.91 Å². The molecule has 1 rings (SSSR count). The van der Waals surface area contributed by atoms with Crippen LogP contribution in [0.3, 0.4) is 0 Å². The van der Waals surface area contributed by atoms with Gasteiger partial charge in [-0.2, -0.15) is 0 Å². The first-order valence-electron chi connectivity index (χ1n) is 5.43. The quantitative estimate of drug-likeness (QED) is 0.328. The number of nitrogens with one attached hydrogen (secondary N) is 1. The average Bonchev–Trinajstić information content (AvgIpc) is 2.63. The molecule has 5 nitrogen and oxygen atoms in total. The molecule has 0 saturated carbocycles. The van der Waals surface area contributed by atoms with E-state index in [0.29, 0.717) is 5.92 Å². The number of amides is 1. The molecule has 88 valence electrons. The molecule has 0 radical (unpaired) electrons. The number of rotatable bonds is 4. The summed E-state index contributed by atoms with van der Waals surface area (Å²) in [5, 5.41) is 0. The minimum absolute atomic E-state index is 0.112. The Morgan fingerprint density at radius 2 is 2.27 bits per heavy atom. The Bertz CT molecular complexity index is 229. The van der Waals surface area contributed by atoms with Crippen LogP contribution >= 0.6 is 0 Å². The van der Waals surface area contributed by atoms with Crippen LogP contribution in [-0.4, -0.2) is 37.0 Å². The maximum absolute atomic E-state index is 11.5. The number of hydrogen-bond donors (Lipinski definition) is 3. The molecule has 5 heteroatoms. The van der Waals surface area contributed by atoms with E-state index in [1.807, 2.05) is 13.8 Å². The molecule has 1 aliphatic heterocycles.